The maximum Gasteiger partial charge on any atom is 0.122 e. The van der Waals surface area contributed by atoms with Crippen molar-refractivity contribution < 1.29 is 9.84 Å². The van der Waals surface area contributed by atoms with Gasteiger partial charge in [0.1, 0.15) is 12.4 Å². The summed E-state index contributed by atoms with van der Waals surface area (Å²) in [6.45, 7) is 0.428. The Balaban J connectivity index is 1.57. The Labute approximate surface area is 127 Å². The Morgan fingerprint density at radius 3 is 2.86 bits per heavy atom. The fourth-order valence-electron chi connectivity index (χ4n) is 3.94. The summed E-state index contributed by atoms with van der Waals surface area (Å²) in [6, 6.07) is 6.74. The van der Waals surface area contributed by atoms with E-state index in [9.17, 15) is 5.11 Å². The van der Waals surface area contributed by atoms with Gasteiger partial charge in [0, 0.05) is 6.04 Å². The molecule has 0 amide bonds. The number of nitrogens with one attached hydrogen (secondary N) is 1. The minimum atomic E-state index is -0.328. The number of fused-ring (bicyclic) bond motifs is 1. The van der Waals surface area contributed by atoms with Gasteiger partial charge in [-0.2, -0.15) is 0 Å². The molecule has 116 valence electrons. The van der Waals surface area contributed by atoms with Crippen molar-refractivity contribution in [1.29, 1.82) is 0 Å². The zero-order valence-corrected chi connectivity index (χ0v) is 13.0. The van der Waals surface area contributed by atoms with E-state index in [1.807, 2.05) is 13.1 Å². The highest BCUT2D eigenvalue weighted by molar-refractivity contribution is 5.45. The van der Waals surface area contributed by atoms with Crippen LogP contribution < -0.4 is 10.1 Å². The average Bonchev–Trinajstić information content (AvgIpc) is 3.14. The highest BCUT2D eigenvalue weighted by Crippen LogP contribution is 2.37. The van der Waals surface area contributed by atoms with E-state index < -0.39 is 0 Å². The van der Waals surface area contributed by atoms with Crippen molar-refractivity contribution in [1.82, 2.24) is 5.32 Å². The minimum absolute atomic E-state index is 0.328. The zero-order chi connectivity index (χ0) is 14.7. The van der Waals surface area contributed by atoms with Crippen LogP contribution in [0.4, 0.5) is 0 Å². The van der Waals surface area contributed by atoms with Gasteiger partial charge >= 0.3 is 0 Å². The van der Waals surface area contributed by atoms with Gasteiger partial charge in [0.25, 0.3) is 0 Å². The Morgan fingerprint density at radius 2 is 2.10 bits per heavy atom. The van der Waals surface area contributed by atoms with Crippen LogP contribution in [-0.2, 0) is 6.42 Å². The lowest BCUT2D eigenvalue weighted by Gasteiger charge is -2.18. The van der Waals surface area contributed by atoms with E-state index in [2.05, 4.69) is 17.4 Å². The Morgan fingerprint density at radius 1 is 1.29 bits per heavy atom. The van der Waals surface area contributed by atoms with Crippen LogP contribution in [0.3, 0.4) is 0 Å². The van der Waals surface area contributed by atoms with E-state index >= 15 is 0 Å². The molecule has 1 aromatic carbocycles. The first-order chi connectivity index (χ1) is 10.3. The quantitative estimate of drug-likeness (QED) is 0.845. The van der Waals surface area contributed by atoms with Crippen LogP contribution in [0.1, 0.15) is 55.7 Å². The minimum Gasteiger partial charge on any atom is -0.491 e. The van der Waals surface area contributed by atoms with E-state index in [1.54, 1.807) is 0 Å². The number of benzene rings is 1. The molecular weight excluding hydrogens is 262 g/mol. The molecule has 0 heterocycles. The van der Waals surface area contributed by atoms with Crippen LogP contribution in [0.2, 0.25) is 0 Å². The molecule has 3 rings (SSSR count). The van der Waals surface area contributed by atoms with Crippen LogP contribution in [0.5, 0.6) is 5.75 Å². The molecule has 2 N–H and O–H groups in total. The van der Waals surface area contributed by atoms with Crippen LogP contribution >= 0.6 is 0 Å². The monoisotopic (exact) mass is 289 g/mol. The molecule has 1 saturated carbocycles. The van der Waals surface area contributed by atoms with E-state index in [4.69, 9.17) is 4.74 Å². The maximum absolute atomic E-state index is 10.2. The molecule has 2 aliphatic carbocycles. The van der Waals surface area contributed by atoms with Gasteiger partial charge in [-0.15, -0.1) is 0 Å². The molecule has 2 atom stereocenters. The van der Waals surface area contributed by atoms with Crippen LogP contribution in [0.15, 0.2) is 18.2 Å². The smallest absolute Gasteiger partial charge is 0.122 e. The van der Waals surface area contributed by atoms with Crippen LogP contribution in [0, 0.1) is 5.92 Å². The third-order valence-electron chi connectivity index (χ3n) is 5.09. The number of aliphatic hydroxyl groups is 1. The first-order valence-electron chi connectivity index (χ1n) is 8.38. The molecule has 0 bridgehead atoms. The van der Waals surface area contributed by atoms with Gasteiger partial charge in [-0.3, -0.25) is 0 Å². The lowest BCUT2D eigenvalue weighted by molar-refractivity contribution is 0.0851. The fraction of sp³-hybridized carbons (Fsp3) is 0.667. The fourth-order valence-corrected chi connectivity index (χ4v) is 3.94. The van der Waals surface area contributed by atoms with Gasteiger partial charge in [-0.05, 0) is 49.4 Å². The molecule has 0 radical (unpaired) electrons. The second kappa shape index (κ2) is 6.80. The summed E-state index contributed by atoms with van der Waals surface area (Å²) in [5.74, 6) is 1.68. The normalized spacial score (nSPS) is 23.2. The number of hydrogen-bond acceptors (Lipinski definition) is 3. The lowest BCUT2D eigenvalue weighted by atomic mass is 10.0. The van der Waals surface area contributed by atoms with Crippen molar-refractivity contribution in [2.75, 3.05) is 13.7 Å². The SMILES string of the molecule is CNC1CCc2c(OCC(O)CC3CCCC3)cccc21. The predicted octanol–water partition coefficient (Wildman–Crippen LogP) is 3.21. The molecule has 3 heteroatoms. The highest BCUT2D eigenvalue weighted by atomic mass is 16.5. The Bertz CT molecular complexity index is 468. The third-order valence-corrected chi connectivity index (χ3v) is 5.09. The molecular formula is C18H27NO2. The maximum atomic E-state index is 10.2. The van der Waals surface area contributed by atoms with E-state index in [1.165, 1.54) is 36.8 Å². The second-order valence-corrected chi connectivity index (χ2v) is 6.55. The molecule has 1 aromatic rings. The van der Waals surface area contributed by atoms with Gasteiger partial charge < -0.3 is 15.2 Å². The second-order valence-electron chi connectivity index (χ2n) is 6.55. The summed E-state index contributed by atoms with van der Waals surface area (Å²) in [7, 11) is 2.01. The number of ether oxygens (including phenoxy) is 1. The van der Waals surface area contributed by atoms with E-state index in [0.29, 0.717) is 18.6 Å². The van der Waals surface area contributed by atoms with Crippen molar-refractivity contribution in [2.24, 2.45) is 5.92 Å². The largest absolute Gasteiger partial charge is 0.491 e. The summed E-state index contributed by atoms with van der Waals surface area (Å²) in [6.07, 6.45) is 7.99. The number of rotatable bonds is 6. The van der Waals surface area contributed by atoms with E-state index in [-0.39, 0.29) is 6.10 Å². The van der Waals surface area contributed by atoms with Crippen molar-refractivity contribution in [3.63, 3.8) is 0 Å². The standard InChI is InChI=1S/C18H27NO2/c1-19-17-10-9-16-15(17)7-4-8-18(16)21-12-14(20)11-13-5-2-3-6-13/h4,7-8,13-14,17,19-20H,2-3,5-6,9-12H2,1H3. The van der Waals surface area contributed by atoms with Crippen molar-refractivity contribution >= 4 is 0 Å². The van der Waals surface area contributed by atoms with Crippen molar-refractivity contribution in [3.8, 4) is 5.75 Å². The predicted molar refractivity (Wildman–Crippen MR) is 84.6 cm³/mol. The zero-order valence-electron chi connectivity index (χ0n) is 13.0. The van der Waals surface area contributed by atoms with Gasteiger partial charge in [0.05, 0.1) is 6.10 Å². The number of aliphatic hydroxyl groups excluding tert-OH is 1. The third kappa shape index (κ3) is 3.41. The Kier molecular flexibility index (Phi) is 4.81. The lowest BCUT2D eigenvalue weighted by Crippen LogP contribution is -2.20. The van der Waals surface area contributed by atoms with Crippen LogP contribution in [0.25, 0.3) is 0 Å². The topological polar surface area (TPSA) is 41.5 Å². The molecule has 2 unspecified atom stereocenters. The summed E-state index contributed by atoms with van der Waals surface area (Å²) in [4.78, 5) is 0. The highest BCUT2D eigenvalue weighted by Gasteiger charge is 2.24. The summed E-state index contributed by atoms with van der Waals surface area (Å²) < 4.78 is 5.94. The molecule has 0 saturated heterocycles. The first-order valence-corrected chi connectivity index (χ1v) is 8.38. The molecule has 0 aliphatic heterocycles. The van der Waals surface area contributed by atoms with Gasteiger partial charge in [-0.1, -0.05) is 37.8 Å². The van der Waals surface area contributed by atoms with E-state index in [0.717, 1.165) is 25.0 Å². The molecule has 3 nitrogen and oxygen atoms in total. The van der Waals surface area contributed by atoms with Crippen molar-refractivity contribution in [2.45, 2.75) is 57.1 Å². The van der Waals surface area contributed by atoms with Crippen LogP contribution in [-0.4, -0.2) is 24.9 Å². The number of hydrogen-bond donors (Lipinski definition) is 2. The van der Waals surface area contributed by atoms with Gasteiger partial charge in [0.15, 0.2) is 0 Å². The Hall–Kier alpha value is -1.06. The average molecular weight is 289 g/mol. The molecule has 1 fully saturated rings. The van der Waals surface area contributed by atoms with Gasteiger partial charge in [-0.25, -0.2) is 0 Å². The first kappa shape index (κ1) is 14.9. The molecule has 0 aromatic heterocycles. The van der Waals surface area contributed by atoms with Gasteiger partial charge in [0.2, 0.25) is 0 Å². The molecule has 2 aliphatic rings. The summed E-state index contributed by atoms with van der Waals surface area (Å²) in [5, 5.41) is 13.5. The summed E-state index contributed by atoms with van der Waals surface area (Å²) >= 11 is 0. The van der Waals surface area contributed by atoms with Crippen molar-refractivity contribution in [3.05, 3.63) is 29.3 Å². The summed E-state index contributed by atoms with van der Waals surface area (Å²) in [5.41, 5.74) is 2.69. The molecule has 21 heavy (non-hydrogen) atoms. The molecule has 0 spiro atoms.